The molecule has 4 nitrogen and oxygen atoms in total. The molecule has 1 rings (SSSR count). The molecule has 1 heterocycles. The van der Waals surface area contributed by atoms with Gasteiger partial charge in [0.1, 0.15) is 0 Å². The molecule has 0 aromatic rings. The lowest BCUT2D eigenvalue weighted by Gasteiger charge is -2.36. The highest BCUT2D eigenvalue weighted by Gasteiger charge is 2.25. The van der Waals surface area contributed by atoms with Crippen LogP contribution in [0.2, 0.25) is 0 Å². The van der Waals surface area contributed by atoms with Crippen molar-refractivity contribution in [1.29, 1.82) is 0 Å². The van der Waals surface area contributed by atoms with Crippen molar-refractivity contribution < 1.29 is 5.21 Å². The van der Waals surface area contributed by atoms with Crippen molar-refractivity contribution in [3.63, 3.8) is 0 Å². The molecule has 0 radical (unpaired) electrons. The lowest BCUT2D eigenvalue weighted by Crippen LogP contribution is -2.48. The van der Waals surface area contributed by atoms with E-state index in [1.165, 1.54) is 0 Å². The van der Waals surface area contributed by atoms with Crippen molar-refractivity contribution in [3.8, 4) is 0 Å². The molecular formula is C8H17N3OS. The van der Waals surface area contributed by atoms with E-state index in [1.807, 2.05) is 11.8 Å². The summed E-state index contributed by atoms with van der Waals surface area (Å²) >= 11 is 1.98. The van der Waals surface area contributed by atoms with Gasteiger partial charge in [-0.25, -0.2) is 0 Å². The number of hydrogen-bond acceptors (Lipinski definition) is 4. The second kappa shape index (κ2) is 4.72. The smallest absolute Gasteiger partial charge is 0.153 e. The van der Waals surface area contributed by atoms with Gasteiger partial charge in [-0.1, -0.05) is 12.1 Å². The molecule has 0 bridgehead atoms. The summed E-state index contributed by atoms with van der Waals surface area (Å²) in [5, 5.41) is 12.1. The van der Waals surface area contributed by atoms with Crippen LogP contribution in [0.3, 0.4) is 0 Å². The van der Waals surface area contributed by atoms with Gasteiger partial charge in [0.15, 0.2) is 5.84 Å². The standard InChI is InChI=1S/C8H17N3OS/c1-6-7(2)13-4-3-11(6)5-8(9)10-12/h6-7,12H,3-5H2,1-2H3,(H2,9,10). The molecule has 0 amide bonds. The molecule has 76 valence electrons. The Labute approximate surface area is 83.2 Å². The fraction of sp³-hybridized carbons (Fsp3) is 0.875. The van der Waals surface area contributed by atoms with Gasteiger partial charge in [0, 0.05) is 23.6 Å². The van der Waals surface area contributed by atoms with Crippen LogP contribution in [0.4, 0.5) is 0 Å². The highest BCUT2D eigenvalue weighted by Crippen LogP contribution is 2.23. The summed E-state index contributed by atoms with van der Waals surface area (Å²) in [6.07, 6.45) is 0. The van der Waals surface area contributed by atoms with Crippen molar-refractivity contribution in [2.24, 2.45) is 10.9 Å². The lowest BCUT2D eigenvalue weighted by molar-refractivity contribution is 0.237. The molecule has 2 unspecified atom stereocenters. The van der Waals surface area contributed by atoms with E-state index in [-0.39, 0.29) is 0 Å². The van der Waals surface area contributed by atoms with Crippen LogP contribution in [-0.2, 0) is 0 Å². The minimum atomic E-state index is 0.297. The van der Waals surface area contributed by atoms with Gasteiger partial charge in [-0.3, -0.25) is 4.90 Å². The zero-order valence-corrected chi connectivity index (χ0v) is 8.92. The van der Waals surface area contributed by atoms with Gasteiger partial charge in [0.25, 0.3) is 0 Å². The summed E-state index contributed by atoms with van der Waals surface area (Å²) in [7, 11) is 0. The van der Waals surface area contributed by atoms with Crippen LogP contribution in [0.1, 0.15) is 13.8 Å². The Morgan fingerprint density at radius 1 is 1.69 bits per heavy atom. The number of rotatable bonds is 2. The number of thioether (sulfide) groups is 1. The Balaban J connectivity index is 2.48. The van der Waals surface area contributed by atoms with Crippen LogP contribution in [0.25, 0.3) is 0 Å². The summed E-state index contributed by atoms with van der Waals surface area (Å²) in [5.74, 6) is 1.43. The minimum absolute atomic E-state index is 0.297. The molecule has 0 aromatic carbocycles. The van der Waals surface area contributed by atoms with E-state index in [0.29, 0.717) is 23.7 Å². The van der Waals surface area contributed by atoms with Crippen molar-refractivity contribution in [2.45, 2.75) is 25.1 Å². The summed E-state index contributed by atoms with van der Waals surface area (Å²) < 4.78 is 0. The minimum Gasteiger partial charge on any atom is -0.409 e. The first-order chi connectivity index (χ1) is 6.15. The average molecular weight is 203 g/mol. The molecule has 0 aromatic heterocycles. The maximum Gasteiger partial charge on any atom is 0.153 e. The molecule has 0 saturated carbocycles. The summed E-state index contributed by atoms with van der Waals surface area (Å²) in [6, 6.07) is 0.499. The molecule has 0 spiro atoms. The highest BCUT2D eigenvalue weighted by molar-refractivity contribution is 8.00. The molecule has 5 heteroatoms. The van der Waals surface area contributed by atoms with E-state index >= 15 is 0 Å². The van der Waals surface area contributed by atoms with Gasteiger partial charge in [-0.2, -0.15) is 11.8 Å². The summed E-state index contributed by atoms with van der Waals surface area (Å²) in [4.78, 5) is 2.25. The van der Waals surface area contributed by atoms with Crippen LogP contribution in [-0.4, -0.2) is 46.1 Å². The first-order valence-corrected chi connectivity index (χ1v) is 5.52. The van der Waals surface area contributed by atoms with Crippen molar-refractivity contribution >= 4 is 17.6 Å². The number of oxime groups is 1. The summed E-state index contributed by atoms with van der Waals surface area (Å²) in [6.45, 7) is 5.99. The van der Waals surface area contributed by atoms with Crippen LogP contribution >= 0.6 is 11.8 Å². The normalized spacial score (nSPS) is 32.0. The Morgan fingerprint density at radius 2 is 2.38 bits per heavy atom. The van der Waals surface area contributed by atoms with E-state index in [1.54, 1.807) is 0 Å². The first kappa shape index (κ1) is 10.7. The van der Waals surface area contributed by atoms with Gasteiger partial charge < -0.3 is 10.9 Å². The van der Waals surface area contributed by atoms with Gasteiger partial charge in [0.05, 0.1) is 6.54 Å². The second-order valence-corrected chi connectivity index (χ2v) is 4.86. The molecule has 2 atom stereocenters. The Bertz CT molecular complexity index is 198. The predicted molar refractivity (Wildman–Crippen MR) is 56.4 cm³/mol. The van der Waals surface area contributed by atoms with Gasteiger partial charge >= 0.3 is 0 Å². The molecule has 3 N–H and O–H groups in total. The molecule has 1 aliphatic heterocycles. The van der Waals surface area contributed by atoms with Gasteiger partial charge in [-0.05, 0) is 6.92 Å². The zero-order chi connectivity index (χ0) is 9.84. The molecule has 0 aliphatic carbocycles. The fourth-order valence-corrected chi connectivity index (χ4v) is 2.62. The van der Waals surface area contributed by atoms with Crippen molar-refractivity contribution in [1.82, 2.24) is 4.90 Å². The van der Waals surface area contributed by atoms with Gasteiger partial charge in [-0.15, -0.1) is 0 Å². The highest BCUT2D eigenvalue weighted by atomic mass is 32.2. The fourth-order valence-electron chi connectivity index (χ4n) is 1.46. The third-order valence-electron chi connectivity index (χ3n) is 2.51. The zero-order valence-electron chi connectivity index (χ0n) is 8.10. The SMILES string of the molecule is CC1SCCN(CC(N)=NO)C1C. The Kier molecular flexibility index (Phi) is 3.87. The largest absolute Gasteiger partial charge is 0.409 e. The summed E-state index contributed by atoms with van der Waals surface area (Å²) in [5.41, 5.74) is 5.46. The van der Waals surface area contributed by atoms with E-state index in [0.717, 1.165) is 12.3 Å². The molecule has 1 aliphatic rings. The van der Waals surface area contributed by atoms with Crippen LogP contribution in [0.15, 0.2) is 5.16 Å². The van der Waals surface area contributed by atoms with E-state index < -0.39 is 0 Å². The monoisotopic (exact) mass is 203 g/mol. The van der Waals surface area contributed by atoms with Crippen LogP contribution < -0.4 is 5.73 Å². The molecule has 13 heavy (non-hydrogen) atoms. The lowest BCUT2D eigenvalue weighted by atomic mass is 10.2. The van der Waals surface area contributed by atoms with E-state index in [2.05, 4.69) is 23.9 Å². The molecule has 1 saturated heterocycles. The number of amidine groups is 1. The maximum absolute atomic E-state index is 8.45. The average Bonchev–Trinajstić information content (AvgIpc) is 2.13. The number of nitrogens with zero attached hydrogens (tertiary/aromatic N) is 2. The Hall–Kier alpha value is -0.420. The third-order valence-corrected chi connectivity index (χ3v) is 3.85. The first-order valence-electron chi connectivity index (χ1n) is 4.47. The maximum atomic E-state index is 8.45. The quantitative estimate of drug-likeness (QED) is 0.298. The van der Waals surface area contributed by atoms with Crippen molar-refractivity contribution in [2.75, 3.05) is 18.8 Å². The number of nitrogens with two attached hydrogens (primary N) is 1. The van der Waals surface area contributed by atoms with Crippen LogP contribution in [0, 0.1) is 0 Å². The topological polar surface area (TPSA) is 61.8 Å². The van der Waals surface area contributed by atoms with Crippen molar-refractivity contribution in [3.05, 3.63) is 0 Å². The molecule has 1 fully saturated rings. The van der Waals surface area contributed by atoms with E-state index in [4.69, 9.17) is 10.9 Å². The molecular weight excluding hydrogens is 186 g/mol. The van der Waals surface area contributed by atoms with E-state index in [9.17, 15) is 0 Å². The van der Waals surface area contributed by atoms with Gasteiger partial charge in [0.2, 0.25) is 0 Å². The Morgan fingerprint density at radius 3 is 3.00 bits per heavy atom. The number of hydrogen-bond donors (Lipinski definition) is 2. The third kappa shape index (κ3) is 2.77. The van der Waals surface area contributed by atoms with Crippen LogP contribution in [0.5, 0.6) is 0 Å². The second-order valence-electron chi connectivity index (χ2n) is 3.38. The predicted octanol–water partition coefficient (Wildman–Crippen LogP) is 0.559.